The quantitative estimate of drug-likeness (QED) is 0.349. The summed E-state index contributed by atoms with van der Waals surface area (Å²) in [5.74, 6) is 0.0210. The van der Waals surface area contributed by atoms with Gasteiger partial charge in [0.2, 0.25) is 5.91 Å². The van der Waals surface area contributed by atoms with Gasteiger partial charge in [0.1, 0.15) is 5.69 Å². The Hall–Kier alpha value is -3.21. The van der Waals surface area contributed by atoms with Crippen LogP contribution in [0.25, 0.3) is 0 Å². The van der Waals surface area contributed by atoms with Crippen LogP contribution in [0.2, 0.25) is 0 Å². The molecule has 0 fully saturated rings. The largest absolute Gasteiger partial charge is 0.493 e. The van der Waals surface area contributed by atoms with Gasteiger partial charge in [-0.05, 0) is 24.6 Å². The van der Waals surface area contributed by atoms with Crippen LogP contribution in [-0.4, -0.2) is 48.3 Å². The summed E-state index contributed by atoms with van der Waals surface area (Å²) < 4.78 is 10.3. The Morgan fingerprint density at radius 2 is 1.97 bits per heavy atom. The van der Waals surface area contributed by atoms with E-state index in [0.717, 1.165) is 18.2 Å². The van der Waals surface area contributed by atoms with Crippen molar-refractivity contribution in [2.75, 3.05) is 37.6 Å². The zero-order valence-corrected chi connectivity index (χ0v) is 17.1. The fourth-order valence-electron chi connectivity index (χ4n) is 2.27. The number of nitrogens with two attached hydrogens (primary N) is 1. The van der Waals surface area contributed by atoms with E-state index in [4.69, 9.17) is 15.2 Å². The van der Waals surface area contributed by atoms with Crippen molar-refractivity contribution in [1.82, 2.24) is 15.3 Å². The van der Waals surface area contributed by atoms with Crippen LogP contribution in [0.1, 0.15) is 23.7 Å². The number of nitrogens with one attached hydrogen (secondary N) is 3. The Morgan fingerprint density at radius 3 is 2.59 bits per heavy atom. The number of hydrogen-bond donors (Lipinski definition) is 4. The standard InChI is InChI=1S/C18H23N5O5S/c1-4-7-20-13(24)9-29-18-22-15(19)14(17(26)23-18)21-16(25)10-5-6-11(27-2)12(8-10)28-3/h5-6,8H,4,7,9H2,1-3H3,(H,20,24)(H,21,25)(H3,19,22,23,26). The SMILES string of the molecule is CCCNC(=O)CSc1nc(N)c(NC(=O)c2ccc(OC)c(OC)c2)c(=O)[nH]1. The molecule has 10 nitrogen and oxygen atoms in total. The third-order valence-electron chi connectivity index (χ3n) is 3.72. The van der Waals surface area contributed by atoms with Crippen molar-refractivity contribution in [1.29, 1.82) is 0 Å². The molecule has 29 heavy (non-hydrogen) atoms. The van der Waals surface area contributed by atoms with Crippen LogP contribution in [-0.2, 0) is 4.79 Å². The second kappa shape index (κ2) is 10.4. The van der Waals surface area contributed by atoms with Gasteiger partial charge >= 0.3 is 0 Å². The number of aromatic nitrogens is 2. The zero-order chi connectivity index (χ0) is 21.4. The molecule has 2 amide bonds. The molecule has 0 spiro atoms. The third-order valence-corrected chi connectivity index (χ3v) is 4.60. The highest BCUT2D eigenvalue weighted by molar-refractivity contribution is 7.99. The van der Waals surface area contributed by atoms with Crippen molar-refractivity contribution in [2.24, 2.45) is 0 Å². The van der Waals surface area contributed by atoms with Crippen molar-refractivity contribution in [2.45, 2.75) is 18.5 Å². The van der Waals surface area contributed by atoms with Crippen molar-refractivity contribution in [3.8, 4) is 11.5 Å². The summed E-state index contributed by atoms with van der Waals surface area (Å²) >= 11 is 1.04. The van der Waals surface area contributed by atoms with E-state index in [1.807, 2.05) is 6.92 Å². The molecule has 1 heterocycles. The molecule has 11 heteroatoms. The second-order valence-corrected chi connectivity index (χ2v) is 6.76. The highest BCUT2D eigenvalue weighted by Crippen LogP contribution is 2.28. The molecule has 0 atom stereocenters. The Balaban J connectivity index is 2.12. The number of methoxy groups -OCH3 is 2. The van der Waals surface area contributed by atoms with Gasteiger partial charge in [0.15, 0.2) is 22.5 Å². The third kappa shape index (κ3) is 5.88. The molecule has 156 valence electrons. The monoisotopic (exact) mass is 421 g/mol. The van der Waals surface area contributed by atoms with E-state index >= 15 is 0 Å². The Labute approximate surface area is 171 Å². The molecule has 2 rings (SSSR count). The second-order valence-electron chi connectivity index (χ2n) is 5.79. The van der Waals surface area contributed by atoms with Crippen LogP contribution >= 0.6 is 11.8 Å². The van der Waals surface area contributed by atoms with Crippen molar-refractivity contribution in [3.05, 3.63) is 34.1 Å². The number of H-pyrrole nitrogens is 1. The molecule has 0 bridgehead atoms. The number of aromatic amines is 1. The van der Waals surface area contributed by atoms with Gasteiger partial charge in [-0.3, -0.25) is 19.4 Å². The van der Waals surface area contributed by atoms with E-state index in [1.165, 1.54) is 26.4 Å². The van der Waals surface area contributed by atoms with E-state index in [1.54, 1.807) is 6.07 Å². The molecule has 0 aliphatic heterocycles. The predicted molar refractivity (Wildman–Crippen MR) is 111 cm³/mol. The molecule has 1 aromatic heterocycles. The fraction of sp³-hybridized carbons (Fsp3) is 0.333. The number of hydrogen-bond acceptors (Lipinski definition) is 8. The van der Waals surface area contributed by atoms with Crippen LogP contribution in [0, 0.1) is 0 Å². The van der Waals surface area contributed by atoms with Crippen molar-refractivity contribution >= 4 is 35.1 Å². The molecule has 0 unspecified atom stereocenters. The van der Waals surface area contributed by atoms with Crippen LogP contribution in [0.15, 0.2) is 28.2 Å². The molecule has 0 radical (unpaired) electrons. The number of benzene rings is 1. The summed E-state index contributed by atoms with van der Waals surface area (Å²) in [6, 6.07) is 4.57. The van der Waals surface area contributed by atoms with E-state index < -0.39 is 11.5 Å². The zero-order valence-electron chi connectivity index (χ0n) is 16.3. The molecule has 0 saturated carbocycles. The van der Waals surface area contributed by atoms with E-state index in [-0.39, 0.29) is 33.9 Å². The maximum Gasteiger partial charge on any atom is 0.277 e. The Bertz CT molecular complexity index is 947. The highest BCUT2D eigenvalue weighted by Gasteiger charge is 2.16. The van der Waals surface area contributed by atoms with Gasteiger partial charge in [0.05, 0.1) is 20.0 Å². The van der Waals surface area contributed by atoms with Gasteiger partial charge in [-0.2, -0.15) is 0 Å². The van der Waals surface area contributed by atoms with Crippen LogP contribution in [0.3, 0.4) is 0 Å². The number of rotatable bonds is 9. The lowest BCUT2D eigenvalue weighted by atomic mass is 10.2. The summed E-state index contributed by atoms with van der Waals surface area (Å²) in [6.45, 7) is 2.52. The van der Waals surface area contributed by atoms with Crippen LogP contribution in [0.4, 0.5) is 11.5 Å². The number of ether oxygens (including phenoxy) is 2. The minimum Gasteiger partial charge on any atom is -0.493 e. The number of amides is 2. The molecular weight excluding hydrogens is 398 g/mol. The van der Waals surface area contributed by atoms with Gasteiger partial charge in [-0.1, -0.05) is 18.7 Å². The topological polar surface area (TPSA) is 148 Å². The maximum absolute atomic E-state index is 12.5. The van der Waals surface area contributed by atoms with Gasteiger partial charge < -0.3 is 25.8 Å². The van der Waals surface area contributed by atoms with E-state index in [0.29, 0.717) is 18.0 Å². The minimum atomic E-state index is -0.622. The number of nitrogen functional groups attached to an aromatic ring is 1. The number of carbonyl (C=O) groups is 2. The van der Waals surface area contributed by atoms with Gasteiger partial charge in [-0.25, -0.2) is 4.98 Å². The summed E-state index contributed by atoms with van der Waals surface area (Å²) in [4.78, 5) is 43.0. The Kier molecular flexibility index (Phi) is 7.89. The number of anilines is 2. The number of nitrogens with zero attached hydrogens (tertiary/aromatic N) is 1. The molecule has 1 aromatic carbocycles. The minimum absolute atomic E-state index is 0.0831. The normalized spacial score (nSPS) is 10.3. The van der Waals surface area contributed by atoms with Gasteiger partial charge in [-0.15, -0.1) is 0 Å². The lowest BCUT2D eigenvalue weighted by Crippen LogP contribution is -2.26. The summed E-state index contributed by atoms with van der Waals surface area (Å²) in [7, 11) is 2.93. The fourth-order valence-corrected chi connectivity index (χ4v) is 2.97. The molecule has 0 aliphatic carbocycles. The van der Waals surface area contributed by atoms with Gasteiger partial charge in [0.25, 0.3) is 11.5 Å². The molecular formula is C18H23N5O5S. The predicted octanol–water partition coefficient (Wildman–Crippen LogP) is 1.24. The van der Waals surface area contributed by atoms with Crippen LogP contribution in [0.5, 0.6) is 11.5 Å². The smallest absolute Gasteiger partial charge is 0.277 e. The molecule has 0 aliphatic rings. The highest BCUT2D eigenvalue weighted by atomic mass is 32.2. The van der Waals surface area contributed by atoms with E-state index in [9.17, 15) is 14.4 Å². The number of thioether (sulfide) groups is 1. The summed E-state index contributed by atoms with van der Waals surface area (Å²) in [5.41, 5.74) is 5.28. The Morgan fingerprint density at radius 1 is 1.24 bits per heavy atom. The van der Waals surface area contributed by atoms with Crippen LogP contribution < -0.4 is 31.4 Å². The first-order valence-corrected chi connectivity index (χ1v) is 9.70. The average Bonchev–Trinajstić information content (AvgIpc) is 2.72. The molecule has 0 saturated heterocycles. The molecule has 2 aromatic rings. The summed E-state index contributed by atoms with van der Waals surface area (Å²) in [5, 5.41) is 5.35. The number of carbonyl (C=O) groups excluding carboxylic acids is 2. The first-order valence-electron chi connectivity index (χ1n) is 8.72. The van der Waals surface area contributed by atoms with Crippen molar-refractivity contribution in [3.63, 3.8) is 0 Å². The first kappa shape index (κ1) is 22.1. The van der Waals surface area contributed by atoms with Gasteiger partial charge in [0, 0.05) is 12.1 Å². The van der Waals surface area contributed by atoms with Crippen molar-refractivity contribution < 1.29 is 19.1 Å². The molecule has 5 N–H and O–H groups in total. The summed E-state index contributed by atoms with van der Waals surface area (Å²) in [6.07, 6.45) is 0.826. The first-order chi connectivity index (χ1) is 13.9. The van der Waals surface area contributed by atoms with E-state index in [2.05, 4.69) is 20.6 Å². The maximum atomic E-state index is 12.5. The lowest BCUT2D eigenvalue weighted by Gasteiger charge is -2.11. The average molecular weight is 421 g/mol. The lowest BCUT2D eigenvalue weighted by molar-refractivity contribution is -0.118.